The van der Waals surface area contributed by atoms with Crippen LogP contribution in [0.3, 0.4) is 0 Å². The molecule has 1 atom stereocenters. The van der Waals surface area contributed by atoms with Crippen LogP contribution < -0.4 is 5.32 Å². The van der Waals surface area contributed by atoms with Crippen molar-refractivity contribution in [2.75, 3.05) is 13.1 Å². The summed E-state index contributed by atoms with van der Waals surface area (Å²) in [6, 6.07) is 7.62. The summed E-state index contributed by atoms with van der Waals surface area (Å²) in [5, 5.41) is 22.0. The van der Waals surface area contributed by atoms with Gasteiger partial charge in [-0.05, 0) is 30.2 Å². The van der Waals surface area contributed by atoms with E-state index in [0.29, 0.717) is 10.6 Å². The van der Waals surface area contributed by atoms with Gasteiger partial charge in [-0.3, -0.25) is 9.59 Å². The zero-order chi connectivity index (χ0) is 17.9. The van der Waals surface area contributed by atoms with E-state index in [0.717, 1.165) is 0 Å². The molecule has 0 radical (unpaired) electrons. The van der Waals surface area contributed by atoms with Crippen molar-refractivity contribution in [2.24, 2.45) is 5.92 Å². The Kier molecular flexibility index (Phi) is 5.47. The molecule has 1 aliphatic rings. The lowest BCUT2D eigenvalue weighted by molar-refractivity contribution is -0.157. The lowest BCUT2D eigenvalue weighted by Crippen LogP contribution is -2.66. The number of aliphatic hydroxyl groups is 1. The van der Waals surface area contributed by atoms with E-state index in [9.17, 15) is 14.7 Å². The second-order valence-corrected chi connectivity index (χ2v) is 6.89. The highest BCUT2D eigenvalue weighted by Crippen LogP contribution is 2.25. The number of likely N-dealkylation sites (tertiary alicyclic amines) is 1. The van der Waals surface area contributed by atoms with Crippen molar-refractivity contribution >= 4 is 23.4 Å². The first-order valence-electron chi connectivity index (χ1n) is 7.70. The summed E-state index contributed by atoms with van der Waals surface area (Å²) in [6.07, 6.45) is -0.0136. The Hall–Kier alpha value is -2.10. The third kappa shape index (κ3) is 4.05. The van der Waals surface area contributed by atoms with Gasteiger partial charge < -0.3 is 15.3 Å². The van der Waals surface area contributed by atoms with Gasteiger partial charge in [0.2, 0.25) is 5.91 Å². The third-order valence-corrected chi connectivity index (χ3v) is 4.27. The number of benzene rings is 1. The number of rotatable bonds is 5. The molecule has 1 saturated heterocycles. The molecular formula is C17H20ClN3O3. The molecule has 1 heterocycles. The summed E-state index contributed by atoms with van der Waals surface area (Å²) in [5.41, 5.74) is -0.714. The summed E-state index contributed by atoms with van der Waals surface area (Å²) in [7, 11) is 0. The van der Waals surface area contributed by atoms with Crippen LogP contribution in [0.5, 0.6) is 0 Å². The topological polar surface area (TPSA) is 93.4 Å². The van der Waals surface area contributed by atoms with Crippen LogP contribution in [-0.4, -0.2) is 46.6 Å². The second-order valence-electron chi connectivity index (χ2n) is 6.46. The number of nitriles is 1. The molecule has 24 heavy (non-hydrogen) atoms. The van der Waals surface area contributed by atoms with Gasteiger partial charge in [-0.2, -0.15) is 5.26 Å². The van der Waals surface area contributed by atoms with Gasteiger partial charge >= 0.3 is 0 Å². The Labute approximate surface area is 146 Å². The van der Waals surface area contributed by atoms with Gasteiger partial charge in [-0.15, -0.1) is 0 Å². The van der Waals surface area contributed by atoms with Crippen LogP contribution in [0.1, 0.15) is 30.6 Å². The molecule has 7 heteroatoms. The highest BCUT2D eigenvalue weighted by atomic mass is 35.5. The van der Waals surface area contributed by atoms with E-state index in [1.807, 2.05) is 19.9 Å². The van der Waals surface area contributed by atoms with Crippen molar-refractivity contribution in [1.82, 2.24) is 10.2 Å². The Balaban J connectivity index is 2.02. The average Bonchev–Trinajstić information content (AvgIpc) is 2.50. The van der Waals surface area contributed by atoms with E-state index in [2.05, 4.69) is 5.32 Å². The molecule has 0 bridgehead atoms. The van der Waals surface area contributed by atoms with Crippen LogP contribution in [0, 0.1) is 17.2 Å². The molecule has 2 N–H and O–H groups in total. The quantitative estimate of drug-likeness (QED) is 0.844. The van der Waals surface area contributed by atoms with Crippen LogP contribution in [0.2, 0.25) is 5.02 Å². The SMILES string of the molecule is CC(C)[C@@H](NC(=O)c1ccc(Cl)cc1)C(=O)N1CC(O)(CC#N)C1. The van der Waals surface area contributed by atoms with Crippen LogP contribution in [-0.2, 0) is 4.79 Å². The Morgan fingerprint density at radius 1 is 1.38 bits per heavy atom. The molecule has 0 saturated carbocycles. The number of carbonyl (C=O) groups excluding carboxylic acids is 2. The normalized spacial score (nSPS) is 16.9. The maximum atomic E-state index is 12.6. The molecule has 1 aromatic carbocycles. The average molecular weight is 350 g/mol. The minimum atomic E-state index is -1.13. The maximum Gasteiger partial charge on any atom is 0.251 e. The standard InChI is InChI=1S/C17H20ClN3O3/c1-11(2)14(16(23)21-9-17(24,10-21)7-8-19)20-15(22)12-3-5-13(18)6-4-12/h3-6,11,14,24H,7,9-10H2,1-2H3,(H,20,22)/t14-/m1/s1. The van der Waals surface area contributed by atoms with Crippen molar-refractivity contribution in [3.8, 4) is 6.07 Å². The first-order valence-corrected chi connectivity index (χ1v) is 8.08. The molecule has 0 aromatic heterocycles. The molecule has 0 aliphatic carbocycles. The number of halogens is 1. The van der Waals surface area contributed by atoms with Gasteiger partial charge in [0.15, 0.2) is 0 Å². The molecule has 2 rings (SSSR count). The largest absolute Gasteiger partial charge is 0.385 e. The fourth-order valence-corrected chi connectivity index (χ4v) is 2.74. The fraction of sp³-hybridized carbons (Fsp3) is 0.471. The molecule has 2 amide bonds. The minimum Gasteiger partial charge on any atom is -0.385 e. The first kappa shape index (κ1) is 18.2. The van der Waals surface area contributed by atoms with Crippen molar-refractivity contribution in [3.63, 3.8) is 0 Å². The van der Waals surface area contributed by atoms with E-state index in [1.165, 1.54) is 4.90 Å². The summed E-state index contributed by atoms with van der Waals surface area (Å²) in [6.45, 7) is 3.90. The zero-order valence-corrected chi connectivity index (χ0v) is 14.4. The molecule has 1 aliphatic heterocycles. The fourth-order valence-electron chi connectivity index (χ4n) is 2.62. The van der Waals surface area contributed by atoms with E-state index in [-0.39, 0.29) is 37.2 Å². The number of hydrogen-bond acceptors (Lipinski definition) is 4. The van der Waals surface area contributed by atoms with E-state index in [1.54, 1.807) is 24.3 Å². The zero-order valence-electron chi connectivity index (χ0n) is 13.6. The van der Waals surface area contributed by atoms with Gasteiger partial charge in [0.05, 0.1) is 25.6 Å². The lowest BCUT2D eigenvalue weighted by Gasteiger charge is -2.46. The summed E-state index contributed by atoms with van der Waals surface area (Å²) >= 11 is 5.80. The molecule has 1 fully saturated rings. The summed E-state index contributed by atoms with van der Waals surface area (Å²) < 4.78 is 0. The molecular weight excluding hydrogens is 330 g/mol. The van der Waals surface area contributed by atoms with Crippen LogP contribution in [0.15, 0.2) is 24.3 Å². The maximum absolute atomic E-state index is 12.6. The molecule has 0 unspecified atom stereocenters. The summed E-state index contributed by atoms with van der Waals surface area (Å²) in [5.74, 6) is -0.722. The van der Waals surface area contributed by atoms with E-state index >= 15 is 0 Å². The van der Waals surface area contributed by atoms with Gasteiger partial charge in [-0.25, -0.2) is 0 Å². The number of nitrogens with zero attached hydrogens (tertiary/aromatic N) is 2. The van der Waals surface area contributed by atoms with Gasteiger partial charge in [-0.1, -0.05) is 25.4 Å². The first-order chi connectivity index (χ1) is 11.3. The Morgan fingerprint density at radius 2 is 1.96 bits per heavy atom. The van der Waals surface area contributed by atoms with Crippen molar-refractivity contribution in [2.45, 2.75) is 31.9 Å². The number of carbonyl (C=O) groups is 2. The van der Waals surface area contributed by atoms with E-state index in [4.69, 9.17) is 16.9 Å². The van der Waals surface area contributed by atoms with Crippen LogP contribution in [0.4, 0.5) is 0 Å². The predicted molar refractivity (Wildman–Crippen MR) is 89.3 cm³/mol. The van der Waals surface area contributed by atoms with Crippen molar-refractivity contribution in [3.05, 3.63) is 34.9 Å². The van der Waals surface area contributed by atoms with Crippen LogP contribution in [0.25, 0.3) is 0 Å². The Bertz CT molecular complexity index is 661. The van der Waals surface area contributed by atoms with Crippen molar-refractivity contribution < 1.29 is 14.7 Å². The molecule has 128 valence electrons. The lowest BCUT2D eigenvalue weighted by atomic mass is 9.89. The number of nitrogens with one attached hydrogen (secondary N) is 1. The van der Waals surface area contributed by atoms with Gasteiger partial charge in [0.25, 0.3) is 5.91 Å². The smallest absolute Gasteiger partial charge is 0.251 e. The van der Waals surface area contributed by atoms with Crippen molar-refractivity contribution in [1.29, 1.82) is 5.26 Å². The van der Waals surface area contributed by atoms with Gasteiger partial charge in [0.1, 0.15) is 11.6 Å². The highest BCUT2D eigenvalue weighted by Gasteiger charge is 2.45. The predicted octanol–water partition coefficient (Wildman–Crippen LogP) is 1.58. The molecule has 1 aromatic rings. The number of hydrogen-bond donors (Lipinski definition) is 2. The number of β-amino-alcohol motifs (C(OH)–C–C–N with tert-alkyl or cyclic N) is 1. The Morgan fingerprint density at radius 3 is 2.46 bits per heavy atom. The van der Waals surface area contributed by atoms with Crippen LogP contribution >= 0.6 is 11.6 Å². The molecule has 0 spiro atoms. The highest BCUT2D eigenvalue weighted by molar-refractivity contribution is 6.30. The van der Waals surface area contributed by atoms with Gasteiger partial charge in [0, 0.05) is 10.6 Å². The monoisotopic (exact) mass is 349 g/mol. The minimum absolute atomic E-state index is 0.0136. The summed E-state index contributed by atoms with van der Waals surface area (Å²) in [4.78, 5) is 26.4. The number of amides is 2. The second kappa shape index (κ2) is 7.20. The van der Waals surface area contributed by atoms with E-state index < -0.39 is 11.6 Å². The third-order valence-electron chi connectivity index (χ3n) is 4.02. The molecule has 6 nitrogen and oxygen atoms in total.